The summed E-state index contributed by atoms with van der Waals surface area (Å²) in [5, 5.41) is -0.252. The van der Waals surface area contributed by atoms with Crippen LogP contribution in [0.1, 0.15) is 0 Å². The van der Waals surface area contributed by atoms with Crippen LogP contribution in [0.15, 0.2) is 41.3 Å². The summed E-state index contributed by atoms with van der Waals surface area (Å²) in [7, 11) is -14.0. The number of halogens is 5. The van der Waals surface area contributed by atoms with Crippen LogP contribution in [0.4, 0.5) is 22.0 Å². The summed E-state index contributed by atoms with van der Waals surface area (Å²) in [5.74, 6) is -4.30. The summed E-state index contributed by atoms with van der Waals surface area (Å²) in [6.07, 6.45) is 0. The highest BCUT2D eigenvalue weighted by molar-refractivity contribution is 7.88. The minimum atomic E-state index is -6.06. The van der Waals surface area contributed by atoms with E-state index in [1.165, 1.54) is 0 Å². The first-order chi connectivity index (χ1) is 13.5. The van der Waals surface area contributed by atoms with E-state index in [0.29, 0.717) is 12.1 Å². The topological polar surface area (TPSA) is 86.7 Å². The van der Waals surface area contributed by atoms with Gasteiger partial charge in [0.1, 0.15) is 23.1 Å². The summed E-state index contributed by atoms with van der Waals surface area (Å²) < 4.78 is 123. The molecule has 0 spiro atoms. The molecule has 0 amide bonds. The van der Waals surface area contributed by atoms with E-state index in [0.717, 1.165) is 24.3 Å². The molecule has 0 fully saturated rings. The molecule has 0 aromatic heterocycles. The van der Waals surface area contributed by atoms with Crippen molar-refractivity contribution < 1.29 is 47.2 Å². The van der Waals surface area contributed by atoms with Gasteiger partial charge in [-0.1, -0.05) is 31.8 Å². The third-order valence-corrected chi connectivity index (χ3v) is 7.84. The normalized spacial score (nSPS) is 13.2. The highest BCUT2D eigenvalue weighted by atomic mass is 32.2. The van der Waals surface area contributed by atoms with Crippen LogP contribution in [0.25, 0.3) is 0 Å². The molecule has 0 bridgehead atoms. The van der Waals surface area contributed by atoms with Crippen LogP contribution < -0.4 is 13.6 Å². The van der Waals surface area contributed by atoms with Crippen LogP contribution in [-0.4, -0.2) is 30.4 Å². The third kappa shape index (κ3) is 4.92. The van der Waals surface area contributed by atoms with Crippen LogP contribution >= 0.6 is 0 Å². The average Bonchev–Trinajstić information content (AvgIpc) is 2.51. The zero-order chi connectivity index (χ0) is 23.1. The minimum Gasteiger partial charge on any atom is -0.379 e. The maximum atomic E-state index is 13.9. The van der Waals surface area contributed by atoms with Crippen LogP contribution in [0, 0.1) is 11.6 Å². The number of hydrogen-bond acceptors (Lipinski definition) is 6. The Morgan fingerprint density at radius 3 is 1.67 bits per heavy atom. The molecule has 0 aliphatic carbocycles. The fourth-order valence-electron chi connectivity index (χ4n) is 2.44. The molecule has 0 unspecified atom stereocenters. The molecule has 0 aliphatic rings. The summed E-state index contributed by atoms with van der Waals surface area (Å²) in [6.45, 7) is 4.62. The van der Waals surface area contributed by atoms with E-state index in [2.05, 4.69) is 4.18 Å². The van der Waals surface area contributed by atoms with Gasteiger partial charge in [-0.15, -0.1) is 0 Å². The average molecular weight is 491 g/mol. The highest BCUT2D eigenvalue weighted by Gasteiger charge is 2.49. The predicted molar refractivity (Wildman–Crippen MR) is 99.2 cm³/mol. The Labute approximate surface area is 170 Å². The van der Waals surface area contributed by atoms with Crippen LogP contribution in [0.3, 0.4) is 0 Å². The minimum absolute atomic E-state index is 0.252. The zero-order valence-corrected chi connectivity index (χ0v) is 18.3. The second kappa shape index (κ2) is 7.81. The summed E-state index contributed by atoms with van der Waals surface area (Å²) >= 11 is 0. The maximum Gasteiger partial charge on any atom is 0.534 e. The Hall–Kier alpha value is -2.19. The largest absolute Gasteiger partial charge is 0.534 e. The number of rotatable bonds is 6. The van der Waals surface area contributed by atoms with Gasteiger partial charge in [-0.25, -0.2) is 8.78 Å². The van der Waals surface area contributed by atoms with Gasteiger partial charge < -0.3 is 8.37 Å². The Balaban J connectivity index is 2.65. The molecular formula is C16H15F5O6S2Si. The van der Waals surface area contributed by atoms with Crippen molar-refractivity contribution >= 4 is 33.5 Å². The summed E-state index contributed by atoms with van der Waals surface area (Å²) in [5.41, 5.74) is -5.73. The first-order valence-corrected chi connectivity index (χ1v) is 14.3. The lowest BCUT2D eigenvalue weighted by molar-refractivity contribution is -0.0499. The molecule has 0 aliphatic heterocycles. The molecule has 2 aromatic carbocycles. The van der Waals surface area contributed by atoms with Crippen molar-refractivity contribution in [3.63, 3.8) is 0 Å². The SMILES string of the molecule is C[Si](C)(C)c1c(OS(=O)(=O)c2c(F)cccc2F)cccc1OS(=O)(=O)C(F)(F)F. The van der Waals surface area contributed by atoms with Gasteiger partial charge in [0.15, 0.2) is 4.90 Å². The van der Waals surface area contributed by atoms with Gasteiger partial charge in [-0.05, 0) is 24.3 Å². The molecule has 0 N–H and O–H groups in total. The molecule has 0 radical (unpaired) electrons. The van der Waals surface area contributed by atoms with E-state index < -0.39 is 61.8 Å². The van der Waals surface area contributed by atoms with E-state index in [1.807, 2.05) is 0 Å². The molecule has 166 valence electrons. The van der Waals surface area contributed by atoms with Crippen LogP contribution in [-0.2, 0) is 20.2 Å². The third-order valence-electron chi connectivity index (χ3n) is 3.59. The Morgan fingerprint density at radius 2 is 1.23 bits per heavy atom. The molecule has 0 atom stereocenters. The highest BCUT2D eigenvalue weighted by Crippen LogP contribution is 2.31. The lowest BCUT2D eigenvalue weighted by Gasteiger charge is -2.24. The maximum absolute atomic E-state index is 13.9. The van der Waals surface area contributed by atoms with Gasteiger partial charge in [0.2, 0.25) is 0 Å². The first kappa shape index (κ1) is 24.1. The van der Waals surface area contributed by atoms with Crippen molar-refractivity contribution in [1.29, 1.82) is 0 Å². The second-order valence-corrected chi connectivity index (χ2v) is 15.0. The number of benzene rings is 2. The van der Waals surface area contributed by atoms with Crippen molar-refractivity contribution in [1.82, 2.24) is 0 Å². The number of alkyl halides is 3. The lowest BCUT2D eigenvalue weighted by Crippen LogP contribution is -2.41. The lowest BCUT2D eigenvalue weighted by atomic mass is 10.3. The Bertz CT molecular complexity index is 1150. The predicted octanol–water partition coefficient (Wildman–Crippen LogP) is 3.51. The molecule has 30 heavy (non-hydrogen) atoms. The van der Waals surface area contributed by atoms with E-state index in [1.54, 1.807) is 19.6 Å². The van der Waals surface area contributed by atoms with Gasteiger partial charge in [-0.3, -0.25) is 0 Å². The Kier molecular flexibility index (Phi) is 6.27. The summed E-state index contributed by atoms with van der Waals surface area (Å²) in [6, 6.07) is 5.15. The fraction of sp³-hybridized carbons (Fsp3) is 0.250. The molecule has 0 saturated carbocycles. The van der Waals surface area contributed by atoms with Crippen molar-refractivity contribution in [2.45, 2.75) is 30.0 Å². The molecule has 14 heteroatoms. The van der Waals surface area contributed by atoms with Gasteiger partial charge in [0.25, 0.3) is 0 Å². The van der Waals surface area contributed by atoms with Crippen LogP contribution in [0.5, 0.6) is 11.5 Å². The van der Waals surface area contributed by atoms with Gasteiger partial charge in [-0.2, -0.15) is 30.0 Å². The van der Waals surface area contributed by atoms with E-state index >= 15 is 0 Å². The molecule has 2 aromatic rings. The monoisotopic (exact) mass is 490 g/mol. The smallest absolute Gasteiger partial charge is 0.379 e. The first-order valence-electron chi connectivity index (χ1n) is 8.00. The van der Waals surface area contributed by atoms with Crippen molar-refractivity contribution in [2.24, 2.45) is 0 Å². The Morgan fingerprint density at radius 1 is 0.800 bits per heavy atom. The van der Waals surface area contributed by atoms with Crippen molar-refractivity contribution in [3.05, 3.63) is 48.0 Å². The molecule has 2 rings (SSSR count). The molecule has 0 heterocycles. The van der Waals surface area contributed by atoms with Crippen LogP contribution in [0.2, 0.25) is 19.6 Å². The van der Waals surface area contributed by atoms with Gasteiger partial charge in [0.05, 0.1) is 8.07 Å². The van der Waals surface area contributed by atoms with Gasteiger partial charge >= 0.3 is 25.7 Å². The molecular weight excluding hydrogens is 475 g/mol. The zero-order valence-electron chi connectivity index (χ0n) is 15.6. The van der Waals surface area contributed by atoms with E-state index in [-0.39, 0.29) is 5.19 Å². The molecule has 0 saturated heterocycles. The fourth-order valence-corrected chi connectivity index (χ4v) is 5.87. The van der Waals surface area contributed by atoms with E-state index in [9.17, 15) is 38.8 Å². The van der Waals surface area contributed by atoms with Crippen molar-refractivity contribution in [3.8, 4) is 11.5 Å². The van der Waals surface area contributed by atoms with E-state index in [4.69, 9.17) is 4.18 Å². The summed E-state index contributed by atoms with van der Waals surface area (Å²) in [4.78, 5) is -1.40. The van der Waals surface area contributed by atoms with Gasteiger partial charge in [0, 0.05) is 5.19 Å². The van der Waals surface area contributed by atoms with Crippen molar-refractivity contribution in [2.75, 3.05) is 0 Å². The second-order valence-electron chi connectivity index (χ2n) is 6.95. The number of hydrogen-bond donors (Lipinski definition) is 0. The molecule has 6 nitrogen and oxygen atoms in total. The standard InChI is InChI=1S/C16H15F5O6S2Si/c1-30(2,3)15-12(8-5-9-13(15)27-29(24,25)16(19,20)21)26-28(22,23)14-10(17)6-4-7-11(14)18/h4-9H,1-3H3. The quantitative estimate of drug-likeness (QED) is 0.267.